The number of β-amino-alcohol motifs (C(OH)–C–C–N with tert-alkyl or cyclic N) is 1. The number of hydrogen-bond donors (Lipinski definition) is 5. The minimum absolute atomic E-state index is 0.00594. The number of fused-ring (bicyclic) bond motifs is 1. The number of amides is 3. The van der Waals surface area contributed by atoms with Crippen LogP contribution in [0.4, 0.5) is 24.5 Å². The summed E-state index contributed by atoms with van der Waals surface area (Å²) in [6.45, 7) is 11.3. The molecular formula is C55H63F3N10O7S2. The van der Waals surface area contributed by atoms with Gasteiger partial charge in [-0.3, -0.25) is 28.8 Å². The molecule has 3 fully saturated rings. The SMILES string of the molecule is Cc1ncsc1-c1ccc(CNC(=O)[C@@H]2C[C@@H](O)CN2C(=O)[C@@H](NC(=O)CCCCN2CCN(c3ccc(-c4cnc5[nH]cc(C(=O)c6c(F)ccc(NS(=O)(=O)N7CC[C@@H](F)C7)c6F)c5c4)cc3)CC2)C(C)(C)C)cc1. The molecule has 17 nitrogen and oxygen atoms in total. The van der Waals surface area contributed by atoms with Crippen molar-refractivity contribution in [1.29, 1.82) is 0 Å². The van der Waals surface area contributed by atoms with Crippen LogP contribution in [0.3, 0.4) is 0 Å². The van der Waals surface area contributed by atoms with Gasteiger partial charge in [-0.1, -0.05) is 57.2 Å². The van der Waals surface area contributed by atoms with Crippen molar-refractivity contribution in [2.45, 2.75) is 90.7 Å². The van der Waals surface area contributed by atoms with Crippen molar-refractivity contribution in [3.8, 4) is 21.6 Å². The number of aliphatic hydroxyl groups excluding tert-OH is 1. The Hall–Kier alpha value is -6.72. The number of piperazine rings is 1. The van der Waals surface area contributed by atoms with Crippen molar-refractivity contribution in [3.63, 3.8) is 0 Å². The van der Waals surface area contributed by atoms with Gasteiger partial charge in [-0.25, -0.2) is 23.1 Å². The maximum absolute atomic E-state index is 15.8. The van der Waals surface area contributed by atoms with Crippen LogP contribution in [0, 0.1) is 24.0 Å². The van der Waals surface area contributed by atoms with Crippen LogP contribution in [-0.2, 0) is 31.1 Å². The molecule has 0 saturated carbocycles. The summed E-state index contributed by atoms with van der Waals surface area (Å²) in [6, 6.07) is 17.3. The maximum atomic E-state index is 15.8. The molecule has 77 heavy (non-hydrogen) atoms. The average Bonchev–Trinajstić information content (AvgIpc) is 4.27. The van der Waals surface area contributed by atoms with Crippen LogP contribution in [0.25, 0.3) is 32.6 Å². The Morgan fingerprint density at radius 1 is 0.909 bits per heavy atom. The number of aryl methyl sites for hydroxylation is 1. The van der Waals surface area contributed by atoms with Gasteiger partial charge in [0.1, 0.15) is 29.7 Å². The van der Waals surface area contributed by atoms with Gasteiger partial charge in [-0.15, -0.1) is 11.3 Å². The topological polar surface area (TPSA) is 213 Å². The lowest BCUT2D eigenvalue weighted by Gasteiger charge is -2.36. The summed E-state index contributed by atoms with van der Waals surface area (Å²) < 4.78 is 73.3. The first-order valence-electron chi connectivity index (χ1n) is 25.8. The van der Waals surface area contributed by atoms with Crippen LogP contribution < -0.4 is 20.3 Å². The molecule has 6 heterocycles. The Morgan fingerprint density at radius 3 is 2.31 bits per heavy atom. The van der Waals surface area contributed by atoms with E-state index < -0.39 is 81.1 Å². The number of aromatic amines is 1. The molecule has 0 radical (unpaired) electrons. The number of alkyl halides is 1. The van der Waals surface area contributed by atoms with E-state index >= 15 is 8.78 Å². The lowest BCUT2D eigenvalue weighted by atomic mass is 9.85. The van der Waals surface area contributed by atoms with Gasteiger partial charge in [0.25, 0.3) is 0 Å². The second-order valence-corrected chi connectivity index (χ2v) is 23.6. The number of carbonyl (C=O) groups is 4. The van der Waals surface area contributed by atoms with Gasteiger partial charge in [-0.05, 0) is 85.2 Å². The molecule has 0 unspecified atom stereocenters. The van der Waals surface area contributed by atoms with Gasteiger partial charge in [-0.2, -0.15) is 12.7 Å². The molecule has 3 amide bonds. The molecule has 9 rings (SSSR count). The Kier molecular flexibility index (Phi) is 16.5. The zero-order valence-electron chi connectivity index (χ0n) is 43.3. The number of nitrogens with one attached hydrogen (secondary N) is 4. The standard InChI is InChI=1S/C55H63F3N10O7S2/c1-33-50(76-32-62-33)36-10-8-34(9-11-36)27-61-53(72)45-26-40(69)31-68(45)54(73)51(55(2,3)4)63-46(70)7-5-6-19-65-21-23-66(24-22-65)39-14-12-35(13-15-39)37-25-41-42(29-60-52(41)59-28-37)49(71)47-43(57)16-17-44(48(47)58)64-77(74,75)67-20-18-38(56)30-67/h8-17,25,28-29,32,38,40,45,51,64,69H,5-7,18-24,26-27,30-31H2,1-4H3,(H,59,60)(H,61,72)(H,63,70)/t38-,40-,45+,51-/m1/s1. The van der Waals surface area contributed by atoms with E-state index in [4.69, 9.17) is 0 Å². The number of hydrogen-bond acceptors (Lipinski definition) is 12. The van der Waals surface area contributed by atoms with Crippen molar-refractivity contribution >= 4 is 67.5 Å². The minimum Gasteiger partial charge on any atom is -0.391 e. The Balaban J connectivity index is 0.735. The number of benzene rings is 3. The first kappa shape index (κ1) is 55.0. The van der Waals surface area contributed by atoms with Gasteiger partial charge in [0, 0.05) is 99.8 Å². The summed E-state index contributed by atoms with van der Waals surface area (Å²) in [4.78, 5) is 73.6. The number of unbranched alkanes of at least 4 members (excludes halogenated alkanes) is 1. The van der Waals surface area contributed by atoms with Crippen molar-refractivity contribution in [1.82, 2.24) is 39.7 Å². The third-order valence-corrected chi connectivity index (χ3v) is 17.0. The van der Waals surface area contributed by atoms with Crippen molar-refractivity contribution in [3.05, 3.63) is 119 Å². The van der Waals surface area contributed by atoms with Crippen LogP contribution in [-0.4, -0.2) is 143 Å². The molecule has 3 aliphatic heterocycles. The zero-order chi connectivity index (χ0) is 54.8. The lowest BCUT2D eigenvalue weighted by molar-refractivity contribution is -0.144. The van der Waals surface area contributed by atoms with E-state index in [1.807, 2.05) is 86.5 Å². The summed E-state index contributed by atoms with van der Waals surface area (Å²) in [5.74, 6) is -4.63. The summed E-state index contributed by atoms with van der Waals surface area (Å²) in [5, 5.41) is 16.9. The number of aromatic nitrogens is 3. The molecule has 6 aromatic rings. The first-order chi connectivity index (χ1) is 36.7. The Labute approximate surface area is 449 Å². The molecule has 3 aromatic carbocycles. The highest BCUT2D eigenvalue weighted by Gasteiger charge is 2.44. The summed E-state index contributed by atoms with van der Waals surface area (Å²) >= 11 is 1.57. The molecule has 4 atom stereocenters. The number of aliphatic hydroxyl groups is 1. The molecule has 3 aliphatic rings. The highest BCUT2D eigenvalue weighted by molar-refractivity contribution is 7.90. The predicted octanol–water partition coefficient (Wildman–Crippen LogP) is 6.97. The number of thiazole rings is 1. The number of H-pyrrole nitrogens is 1. The third kappa shape index (κ3) is 12.5. The molecule has 0 aliphatic carbocycles. The molecule has 22 heteroatoms. The van der Waals surface area contributed by atoms with Crippen LogP contribution in [0.15, 0.2) is 84.6 Å². The molecule has 0 spiro atoms. The fraction of sp³-hybridized carbons (Fsp3) is 0.418. The predicted molar refractivity (Wildman–Crippen MR) is 289 cm³/mol. The summed E-state index contributed by atoms with van der Waals surface area (Å²) in [6.07, 6.45) is 2.40. The molecule has 3 saturated heterocycles. The minimum atomic E-state index is -4.38. The smallest absolute Gasteiger partial charge is 0.301 e. The van der Waals surface area contributed by atoms with Gasteiger partial charge in [0.05, 0.1) is 33.4 Å². The van der Waals surface area contributed by atoms with Crippen LogP contribution in [0.5, 0.6) is 0 Å². The van der Waals surface area contributed by atoms with E-state index in [1.54, 1.807) is 23.6 Å². The largest absolute Gasteiger partial charge is 0.391 e. The number of halogens is 3. The van der Waals surface area contributed by atoms with E-state index in [2.05, 4.69) is 35.4 Å². The number of pyridine rings is 1. The van der Waals surface area contributed by atoms with Gasteiger partial charge >= 0.3 is 10.2 Å². The molecular weight excluding hydrogens is 1030 g/mol. The van der Waals surface area contributed by atoms with Gasteiger partial charge < -0.3 is 30.5 Å². The van der Waals surface area contributed by atoms with Crippen LogP contribution in [0.2, 0.25) is 0 Å². The van der Waals surface area contributed by atoms with Crippen molar-refractivity contribution in [2.24, 2.45) is 5.41 Å². The Morgan fingerprint density at radius 2 is 1.64 bits per heavy atom. The van der Waals surface area contributed by atoms with E-state index in [0.29, 0.717) is 23.0 Å². The number of nitrogens with zero attached hydrogens (tertiary/aromatic N) is 6. The average molecular weight is 1100 g/mol. The number of ketones is 1. The molecule has 0 bridgehead atoms. The number of likely N-dealkylation sites (tertiary alicyclic amines) is 1. The van der Waals surface area contributed by atoms with Crippen LogP contribution >= 0.6 is 11.3 Å². The third-order valence-electron chi connectivity index (χ3n) is 14.5. The number of anilines is 2. The van der Waals surface area contributed by atoms with E-state index in [9.17, 15) is 37.1 Å². The van der Waals surface area contributed by atoms with E-state index in [-0.39, 0.29) is 56.3 Å². The van der Waals surface area contributed by atoms with Gasteiger partial charge in [0.15, 0.2) is 5.82 Å². The number of rotatable bonds is 18. The monoisotopic (exact) mass is 1100 g/mol. The zero-order valence-corrected chi connectivity index (χ0v) is 45.0. The normalized spacial score (nSPS) is 18.9. The van der Waals surface area contributed by atoms with E-state index in [0.717, 1.165) is 88.5 Å². The highest BCUT2D eigenvalue weighted by Crippen LogP contribution is 2.33. The summed E-state index contributed by atoms with van der Waals surface area (Å²) in [5.41, 5.74) is 5.10. The molecule has 3 aromatic heterocycles. The quantitative estimate of drug-likeness (QED) is 0.0438. The number of carbonyl (C=O) groups excluding carboxylic acids is 4. The first-order valence-corrected chi connectivity index (χ1v) is 28.1. The summed E-state index contributed by atoms with van der Waals surface area (Å²) in [7, 11) is -4.38. The highest BCUT2D eigenvalue weighted by atomic mass is 32.2. The van der Waals surface area contributed by atoms with Crippen molar-refractivity contribution < 1.29 is 45.9 Å². The fourth-order valence-corrected chi connectivity index (χ4v) is 12.2. The van der Waals surface area contributed by atoms with Crippen molar-refractivity contribution in [2.75, 3.05) is 62.0 Å². The lowest BCUT2D eigenvalue weighted by Crippen LogP contribution is -2.57. The maximum Gasteiger partial charge on any atom is 0.301 e. The molecule has 5 N–H and O–H groups in total. The van der Waals surface area contributed by atoms with Crippen LogP contribution in [0.1, 0.15) is 80.1 Å². The van der Waals surface area contributed by atoms with E-state index in [1.165, 1.54) is 11.1 Å². The second kappa shape index (κ2) is 23.1. The fourth-order valence-electron chi connectivity index (χ4n) is 10.2. The van der Waals surface area contributed by atoms with Gasteiger partial charge in [0.2, 0.25) is 23.5 Å². The second-order valence-electron chi connectivity index (χ2n) is 21.1. The molecule has 408 valence electrons. The Bertz CT molecular complexity index is 3250.